The molecule has 34 heavy (non-hydrogen) atoms. The average molecular weight is 486 g/mol. The Balaban J connectivity index is 1.29. The number of carbonyl (C=O) groups excluding carboxylic acids is 1. The van der Waals surface area contributed by atoms with Gasteiger partial charge >= 0.3 is 0 Å². The molecule has 5 nitrogen and oxygen atoms in total. The lowest BCUT2D eigenvalue weighted by atomic mass is 9.52. The third kappa shape index (κ3) is 4.32. The molecule has 0 radical (unpaired) electrons. The van der Waals surface area contributed by atoms with Crippen molar-refractivity contribution < 1.29 is 9.90 Å². The van der Waals surface area contributed by atoms with Crippen LogP contribution in [-0.4, -0.2) is 31.3 Å². The molecule has 0 unspecified atom stereocenters. The zero-order valence-electron chi connectivity index (χ0n) is 21.0. The van der Waals surface area contributed by atoms with Crippen molar-refractivity contribution in [2.45, 2.75) is 97.1 Å². The van der Waals surface area contributed by atoms with E-state index >= 15 is 0 Å². The molecular weight excluding hydrogens is 446 g/mol. The monoisotopic (exact) mass is 485 g/mol. The van der Waals surface area contributed by atoms with Gasteiger partial charge in [0.15, 0.2) is 5.78 Å². The number of pyridine rings is 1. The molecule has 2 heterocycles. The van der Waals surface area contributed by atoms with Gasteiger partial charge in [-0.1, -0.05) is 38.3 Å². The van der Waals surface area contributed by atoms with Crippen molar-refractivity contribution in [2.75, 3.05) is 0 Å². The summed E-state index contributed by atoms with van der Waals surface area (Å²) in [7, 11) is 0. The quantitative estimate of drug-likeness (QED) is 0.489. The predicted molar refractivity (Wildman–Crippen MR) is 136 cm³/mol. The summed E-state index contributed by atoms with van der Waals surface area (Å²) in [5, 5.41) is 15.6. The van der Waals surface area contributed by atoms with Gasteiger partial charge in [0, 0.05) is 12.1 Å². The predicted octanol–water partition coefficient (Wildman–Crippen LogP) is 6.45. The average Bonchev–Trinajstić information content (AvgIpc) is 3.38. The van der Waals surface area contributed by atoms with E-state index in [1.807, 2.05) is 13.0 Å². The van der Waals surface area contributed by atoms with Gasteiger partial charge in [0.2, 0.25) is 0 Å². The summed E-state index contributed by atoms with van der Waals surface area (Å²) in [5.41, 5.74) is 1.19. The largest absolute Gasteiger partial charge is 0.390 e. The smallest absolute Gasteiger partial charge is 0.157 e. The lowest BCUT2D eigenvalue weighted by Crippen LogP contribution is -2.47. The van der Waals surface area contributed by atoms with Crippen molar-refractivity contribution in [3.63, 3.8) is 0 Å². The van der Waals surface area contributed by atoms with E-state index in [1.165, 1.54) is 32.1 Å². The number of fused-ring (bicyclic) bond motifs is 4. The minimum absolute atomic E-state index is 0.105. The first kappa shape index (κ1) is 24.2. The summed E-state index contributed by atoms with van der Waals surface area (Å²) < 4.78 is 1.79. The molecule has 6 heteroatoms. The van der Waals surface area contributed by atoms with Gasteiger partial charge in [-0.25, -0.2) is 0 Å². The summed E-state index contributed by atoms with van der Waals surface area (Å²) >= 11 is 6.15. The molecule has 3 aliphatic rings. The molecular formula is C28H40ClN3O2. The van der Waals surface area contributed by atoms with Gasteiger partial charge in [-0.2, -0.15) is 5.10 Å². The number of nitrogens with zero attached hydrogens (tertiary/aromatic N) is 3. The van der Waals surface area contributed by atoms with E-state index in [1.54, 1.807) is 17.1 Å². The lowest BCUT2D eigenvalue weighted by molar-refractivity contribution is -0.130. The molecule has 186 valence electrons. The highest BCUT2D eigenvalue weighted by Gasteiger charge is 2.57. The van der Waals surface area contributed by atoms with Gasteiger partial charge in [-0.05, 0) is 93.4 Å². The minimum Gasteiger partial charge on any atom is -0.390 e. The Morgan fingerprint density at radius 1 is 1.24 bits per heavy atom. The fraction of sp³-hybridized carbons (Fsp3) is 0.750. The van der Waals surface area contributed by atoms with Crippen LogP contribution in [0, 0.1) is 35.0 Å². The van der Waals surface area contributed by atoms with Gasteiger partial charge < -0.3 is 5.11 Å². The van der Waals surface area contributed by atoms with Gasteiger partial charge in [0.05, 0.1) is 22.3 Å². The van der Waals surface area contributed by atoms with Crippen LogP contribution in [0.1, 0.15) is 85.0 Å². The van der Waals surface area contributed by atoms with E-state index in [-0.39, 0.29) is 11.3 Å². The van der Waals surface area contributed by atoms with Crippen LogP contribution in [0.2, 0.25) is 5.02 Å². The molecule has 0 saturated heterocycles. The van der Waals surface area contributed by atoms with Crippen LogP contribution in [0.3, 0.4) is 0 Å². The number of hydrogen-bond acceptors (Lipinski definition) is 4. The van der Waals surface area contributed by atoms with Gasteiger partial charge in [-0.3, -0.25) is 14.5 Å². The maximum atomic E-state index is 13.6. The summed E-state index contributed by atoms with van der Waals surface area (Å²) in [6.07, 6.45) is 14.8. The van der Waals surface area contributed by atoms with Crippen molar-refractivity contribution in [3.05, 3.63) is 23.5 Å². The van der Waals surface area contributed by atoms with Gasteiger partial charge in [0.1, 0.15) is 12.1 Å². The number of aromatic nitrogens is 3. The van der Waals surface area contributed by atoms with Crippen LogP contribution in [0.5, 0.6) is 0 Å². The van der Waals surface area contributed by atoms with Crippen molar-refractivity contribution in [3.8, 4) is 0 Å². The number of carbonyl (C=O) groups is 1. The lowest BCUT2D eigenvalue weighted by Gasteiger charge is -2.53. The SMILES string of the molecule is CC[C@](C)(O)CC[C@H]1CCC[C@@H]2[C@@H]1CC[C@]1(C)[C@@H](C(=O)Cn3ncc4ncc(Cl)cc43)CC[C@@H]21. The molecule has 0 aromatic carbocycles. The first-order valence-corrected chi connectivity index (χ1v) is 13.8. The Labute approximate surface area is 208 Å². The molecule has 2 aromatic rings. The number of ketones is 1. The Morgan fingerprint density at radius 2 is 2.06 bits per heavy atom. The third-order valence-electron chi connectivity index (χ3n) is 10.2. The number of halogens is 1. The summed E-state index contributed by atoms with van der Waals surface area (Å²) in [6, 6.07) is 1.85. The van der Waals surface area contributed by atoms with E-state index in [9.17, 15) is 9.90 Å². The summed E-state index contributed by atoms with van der Waals surface area (Å²) in [6.45, 7) is 6.80. The molecule has 0 spiro atoms. The fourth-order valence-corrected chi connectivity index (χ4v) is 8.18. The second kappa shape index (κ2) is 9.20. The number of rotatable bonds is 7. The maximum Gasteiger partial charge on any atom is 0.157 e. The second-order valence-corrected chi connectivity index (χ2v) is 12.5. The van der Waals surface area contributed by atoms with Crippen molar-refractivity contribution in [1.82, 2.24) is 14.8 Å². The van der Waals surface area contributed by atoms with Crippen LogP contribution < -0.4 is 0 Å². The first-order valence-electron chi connectivity index (χ1n) is 13.4. The number of aliphatic hydroxyl groups is 1. The zero-order chi connectivity index (χ0) is 24.1. The normalized spacial score (nSPS) is 35.0. The zero-order valence-corrected chi connectivity index (χ0v) is 21.7. The van der Waals surface area contributed by atoms with Crippen LogP contribution in [0.15, 0.2) is 18.5 Å². The Kier molecular flexibility index (Phi) is 6.56. The highest BCUT2D eigenvalue weighted by Crippen LogP contribution is 2.63. The molecule has 2 aromatic heterocycles. The van der Waals surface area contributed by atoms with E-state index in [4.69, 9.17) is 11.6 Å². The molecule has 0 amide bonds. The highest BCUT2D eigenvalue weighted by atomic mass is 35.5. The topological polar surface area (TPSA) is 68.0 Å². The highest BCUT2D eigenvalue weighted by molar-refractivity contribution is 6.31. The first-order chi connectivity index (χ1) is 16.2. The molecule has 1 N–H and O–H groups in total. The molecule has 0 bridgehead atoms. The summed E-state index contributed by atoms with van der Waals surface area (Å²) in [4.78, 5) is 18.0. The van der Waals surface area contributed by atoms with Gasteiger partial charge in [-0.15, -0.1) is 0 Å². The number of Topliss-reactive ketones (excluding diaryl/α,β-unsaturated/α-hetero) is 1. The van der Waals surface area contributed by atoms with Crippen LogP contribution in [0.25, 0.3) is 11.0 Å². The Hall–Kier alpha value is -1.46. The molecule has 3 saturated carbocycles. The molecule has 7 atom stereocenters. The van der Waals surface area contributed by atoms with Crippen molar-refractivity contribution in [2.24, 2.45) is 35.0 Å². The van der Waals surface area contributed by atoms with E-state index < -0.39 is 5.60 Å². The second-order valence-electron chi connectivity index (χ2n) is 12.0. The van der Waals surface area contributed by atoms with E-state index in [0.717, 1.165) is 60.9 Å². The maximum absolute atomic E-state index is 13.6. The van der Waals surface area contributed by atoms with E-state index in [0.29, 0.717) is 23.3 Å². The molecule has 3 fully saturated rings. The van der Waals surface area contributed by atoms with Crippen LogP contribution in [0.4, 0.5) is 0 Å². The molecule has 0 aliphatic heterocycles. The van der Waals surface area contributed by atoms with Gasteiger partial charge in [0.25, 0.3) is 0 Å². The minimum atomic E-state index is -0.530. The van der Waals surface area contributed by atoms with Crippen molar-refractivity contribution in [1.29, 1.82) is 0 Å². The molecule has 5 rings (SSSR count). The Bertz CT molecular complexity index is 1050. The van der Waals surface area contributed by atoms with Crippen LogP contribution >= 0.6 is 11.6 Å². The third-order valence-corrected chi connectivity index (χ3v) is 10.4. The van der Waals surface area contributed by atoms with E-state index in [2.05, 4.69) is 23.9 Å². The van der Waals surface area contributed by atoms with Crippen LogP contribution in [-0.2, 0) is 11.3 Å². The molecule has 3 aliphatic carbocycles. The number of hydrogen-bond donors (Lipinski definition) is 1. The van der Waals surface area contributed by atoms with Crippen molar-refractivity contribution >= 4 is 28.4 Å². The Morgan fingerprint density at radius 3 is 2.85 bits per heavy atom. The fourth-order valence-electron chi connectivity index (χ4n) is 8.02. The summed E-state index contributed by atoms with van der Waals surface area (Å²) in [5.74, 6) is 3.35. The standard InChI is InChI=1S/C28H40ClN3O2/c1-4-27(2,34)12-10-18-6-5-7-21-20(18)11-13-28(3)22(21)8-9-23(28)26(33)17-32-25-14-19(29)15-30-24(25)16-31-32/h14-16,18,20-23,34H,4-13,17H2,1-3H3/t18-,20-,21-,22+,23-,27+,28+/m1/s1.